The summed E-state index contributed by atoms with van der Waals surface area (Å²) in [6.45, 7) is 0. The minimum absolute atomic E-state index is 0.140. The number of nitrogens with one attached hydrogen (secondary N) is 2. The van der Waals surface area contributed by atoms with Gasteiger partial charge in [-0.05, 0) is 48.0 Å². The number of imidazole rings is 1. The summed E-state index contributed by atoms with van der Waals surface area (Å²) in [7, 11) is 0. The zero-order valence-electron chi connectivity index (χ0n) is 16.5. The molecule has 4 aromatic heterocycles. The lowest BCUT2D eigenvalue weighted by Gasteiger charge is -2.04. The molecule has 6 rings (SSSR count). The van der Waals surface area contributed by atoms with E-state index in [1.54, 1.807) is 12.4 Å². The number of halogens is 1. The van der Waals surface area contributed by atoms with Crippen LogP contribution in [0.2, 0.25) is 0 Å². The van der Waals surface area contributed by atoms with E-state index in [4.69, 9.17) is 9.97 Å². The molecule has 0 fully saturated rings. The molecule has 3 N–H and O–H groups in total. The Morgan fingerprint density at radius 3 is 2.53 bits per heavy atom. The van der Waals surface area contributed by atoms with Gasteiger partial charge in [0.05, 0.1) is 22.2 Å². The molecule has 6 aromatic rings. The molecule has 154 valence electrons. The quantitative estimate of drug-likeness (QED) is 0.369. The second kappa shape index (κ2) is 6.98. The third-order valence-electron chi connectivity index (χ3n) is 5.31. The monoisotopic (exact) mass is 422 g/mol. The first kappa shape index (κ1) is 18.2. The van der Waals surface area contributed by atoms with Gasteiger partial charge in [0.15, 0.2) is 11.5 Å². The molecule has 0 aliphatic carbocycles. The van der Waals surface area contributed by atoms with Crippen molar-refractivity contribution in [1.29, 1.82) is 0 Å². The lowest BCUT2D eigenvalue weighted by Crippen LogP contribution is -1.87. The van der Waals surface area contributed by atoms with Gasteiger partial charge in [0, 0.05) is 29.6 Å². The van der Waals surface area contributed by atoms with E-state index in [2.05, 4.69) is 20.2 Å². The molecule has 0 amide bonds. The van der Waals surface area contributed by atoms with Crippen molar-refractivity contribution >= 4 is 22.1 Å². The van der Waals surface area contributed by atoms with E-state index in [1.807, 2.05) is 42.5 Å². The molecule has 32 heavy (non-hydrogen) atoms. The number of para-hydroxylation sites is 1. The van der Waals surface area contributed by atoms with E-state index in [0.29, 0.717) is 33.7 Å². The van der Waals surface area contributed by atoms with Crippen LogP contribution in [-0.4, -0.2) is 35.2 Å². The molecule has 0 saturated heterocycles. The molecule has 0 unspecified atom stereocenters. The van der Waals surface area contributed by atoms with Crippen molar-refractivity contribution in [2.24, 2.45) is 0 Å². The third-order valence-corrected chi connectivity index (χ3v) is 5.31. The maximum absolute atomic E-state index is 13.9. The van der Waals surface area contributed by atoms with Gasteiger partial charge < -0.3 is 10.1 Å². The highest BCUT2D eigenvalue weighted by Crippen LogP contribution is 2.33. The maximum Gasteiger partial charge on any atom is 0.161 e. The van der Waals surface area contributed by atoms with Crippen LogP contribution in [0.3, 0.4) is 0 Å². The number of nitrogens with zero attached hydrogens (tertiary/aromatic N) is 4. The predicted molar refractivity (Wildman–Crippen MR) is 119 cm³/mol. The average Bonchev–Trinajstić information content (AvgIpc) is 3.42. The Hall–Kier alpha value is -4.59. The van der Waals surface area contributed by atoms with Crippen LogP contribution in [0.4, 0.5) is 4.39 Å². The highest BCUT2D eigenvalue weighted by molar-refractivity contribution is 5.96. The van der Waals surface area contributed by atoms with Crippen molar-refractivity contribution in [3.63, 3.8) is 0 Å². The number of hydrogen-bond donors (Lipinski definition) is 3. The van der Waals surface area contributed by atoms with Crippen molar-refractivity contribution in [2.75, 3.05) is 0 Å². The van der Waals surface area contributed by atoms with E-state index >= 15 is 0 Å². The number of pyridine rings is 2. The van der Waals surface area contributed by atoms with Crippen molar-refractivity contribution < 1.29 is 9.50 Å². The molecule has 0 saturated carbocycles. The number of aromatic amines is 2. The number of benzene rings is 2. The molecule has 0 spiro atoms. The summed E-state index contributed by atoms with van der Waals surface area (Å²) in [5.74, 6) is -0.114. The summed E-state index contributed by atoms with van der Waals surface area (Å²) >= 11 is 0. The Balaban J connectivity index is 1.52. The van der Waals surface area contributed by atoms with Gasteiger partial charge in [0.1, 0.15) is 17.1 Å². The summed E-state index contributed by atoms with van der Waals surface area (Å²) < 4.78 is 13.9. The molecule has 0 atom stereocenters. The van der Waals surface area contributed by atoms with Gasteiger partial charge in [-0.1, -0.05) is 12.1 Å². The summed E-state index contributed by atoms with van der Waals surface area (Å²) in [4.78, 5) is 16.9. The van der Waals surface area contributed by atoms with Gasteiger partial charge in [0.2, 0.25) is 0 Å². The first-order chi connectivity index (χ1) is 15.7. The molecule has 0 radical (unpaired) electrons. The average molecular weight is 422 g/mol. The van der Waals surface area contributed by atoms with Gasteiger partial charge in [-0.2, -0.15) is 5.10 Å². The zero-order chi connectivity index (χ0) is 21.7. The number of phenolic OH excluding ortho intramolecular Hbond substituents is 1. The van der Waals surface area contributed by atoms with Crippen molar-refractivity contribution in [3.05, 3.63) is 78.9 Å². The van der Waals surface area contributed by atoms with Gasteiger partial charge in [-0.3, -0.25) is 10.1 Å². The van der Waals surface area contributed by atoms with Crippen LogP contribution in [0.1, 0.15) is 0 Å². The first-order valence-electron chi connectivity index (χ1n) is 9.90. The van der Waals surface area contributed by atoms with Gasteiger partial charge in [-0.15, -0.1) is 0 Å². The van der Waals surface area contributed by atoms with Crippen LogP contribution in [0.5, 0.6) is 5.75 Å². The van der Waals surface area contributed by atoms with Crippen LogP contribution in [0, 0.1) is 5.82 Å². The number of rotatable bonds is 3. The van der Waals surface area contributed by atoms with Crippen LogP contribution in [0.15, 0.2) is 73.1 Å². The Bertz CT molecular complexity index is 1590. The normalized spacial score (nSPS) is 11.4. The molecule has 2 aromatic carbocycles. The van der Waals surface area contributed by atoms with Crippen LogP contribution >= 0.6 is 0 Å². The second-order valence-corrected chi connectivity index (χ2v) is 7.39. The number of aromatic hydroxyl groups is 1. The highest BCUT2D eigenvalue weighted by Gasteiger charge is 2.17. The molecule has 0 bridgehead atoms. The van der Waals surface area contributed by atoms with E-state index in [0.717, 1.165) is 28.4 Å². The van der Waals surface area contributed by atoms with Crippen molar-refractivity contribution in [3.8, 4) is 39.7 Å². The van der Waals surface area contributed by atoms with E-state index in [9.17, 15) is 9.50 Å². The fraction of sp³-hybridized carbons (Fsp3) is 0. The van der Waals surface area contributed by atoms with Crippen LogP contribution in [0.25, 0.3) is 56.0 Å². The van der Waals surface area contributed by atoms with Crippen molar-refractivity contribution in [1.82, 2.24) is 30.1 Å². The molecule has 0 aliphatic rings. The largest absolute Gasteiger partial charge is 0.508 e. The topological polar surface area (TPSA) is 103 Å². The number of hydrogen-bond acceptors (Lipinski definition) is 5. The molecular weight excluding hydrogens is 407 g/mol. The van der Waals surface area contributed by atoms with Crippen molar-refractivity contribution in [2.45, 2.75) is 0 Å². The number of fused-ring (bicyclic) bond motifs is 2. The first-order valence-corrected chi connectivity index (χ1v) is 9.90. The van der Waals surface area contributed by atoms with Gasteiger partial charge in [0.25, 0.3) is 0 Å². The van der Waals surface area contributed by atoms with E-state index < -0.39 is 5.82 Å². The lowest BCUT2D eigenvalue weighted by molar-refractivity contribution is 0.469. The van der Waals surface area contributed by atoms with Gasteiger partial charge in [-0.25, -0.2) is 14.4 Å². The minimum atomic E-state index is -0.515. The highest BCUT2D eigenvalue weighted by atomic mass is 19.1. The van der Waals surface area contributed by atoms with Crippen LogP contribution in [-0.2, 0) is 0 Å². The lowest BCUT2D eigenvalue weighted by atomic mass is 10.0. The fourth-order valence-electron chi connectivity index (χ4n) is 3.85. The summed E-state index contributed by atoms with van der Waals surface area (Å²) in [5.41, 5.74) is 6.45. The summed E-state index contributed by atoms with van der Waals surface area (Å²) in [5, 5.41) is 17.3. The predicted octanol–water partition coefficient (Wildman–Crippen LogP) is 5.07. The SMILES string of the molecule is Oc1cc(F)cc(-c2cccc3[nH]c(-c4n[nH]c5ccc(-c6ccncc6)nc45)nc23)c1. The molecule has 0 aliphatic heterocycles. The molecule has 8 heteroatoms. The number of H-pyrrole nitrogens is 2. The maximum atomic E-state index is 13.9. The van der Waals surface area contributed by atoms with E-state index in [1.165, 1.54) is 12.1 Å². The van der Waals surface area contributed by atoms with Crippen LogP contribution < -0.4 is 0 Å². The number of aromatic nitrogens is 6. The Labute approximate surface area is 180 Å². The fourth-order valence-corrected chi connectivity index (χ4v) is 3.85. The third kappa shape index (κ3) is 2.97. The molecule has 7 nitrogen and oxygen atoms in total. The second-order valence-electron chi connectivity index (χ2n) is 7.39. The van der Waals surface area contributed by atoms with E-state index in [-0.39, 0.29) is 5.75 Å². The summed E-state index contributed by atoms with van der Waals surface area (Å²) in [6, 6.07) is 17.2. The number of phenols is 1. The minimum Gasteiger partial charge on any atom is -0.508 e. The smallest absolute Gasteiger partial charge is 0.161 e. The van der Waals surface area contributed by atoms with Gasteiger partial charge >= 0.3 is 0 Å². The Kier molecular flexibility index (Phi) is 3.97. The zero-order valence-corrected chi connectivity index (χ0v) is 16.5. The molecular formula is C24H15FN6O. The summed E-state index contributed by atoms with van der Waals surface area (Å²) in [6.07, 6.45) is 3.45. The Morgan fingerprint density at radius 1 is 0.812 bits per heavy atom. The standard InChI is InChI=1S/C24H15FN6O/c25-15-10-14(11-16(32)12-15)17-2-1-3-19-21(17)29-24(28-19)23-22-20(30-31-23)5-4-18(27-22)13-6-8-26-9-7-13/h1-12,32H,(H,28,29)(H,30,31). The molecule has 4 heterocycles. The Morgan fingerprint density at radius 2 is 1.69 bits per heavy atom.